The average Bonchev–Trinajstić information content (AvgIpc) is 2.91. The SMILES string of the molecule is CCCCCc1ccc(/C=C/C2CCC(c3ccc(C4CCC(CCC)CC4)c(F)c3F)CC2)cc1F. The second-order valence-corrected chi connectivity index (χ2v) is 11.7. The predicted molar refractivity (Wildman–Crippen MR) is 149 cm³/mol. The lowest BCUT2D eigenvalue weighted by Crippen LogP contribution is -2.17. The van der Waals surface area contributed by atoms with Crippen molar-refractivity contribution in [2.75, 3.05) is 0 Å². The van der Waals surface area contributed by atoms with Crippen LogP contribution < -0.4 is 0 Å². The first kappa shape index (κ1) is 28.0. The normalized spacial score (nSPS) is 24.6. The van der Waals surface area contributed by atoms with Gasteiger partial charge in [0, 0.05) is 0 Å². The molecule has 0 atom stereocenters. The highest BCUT2D eigenvalue weighted by atomic mass is 19.2. The fourth-order valence-electron chi connectivity index (χ4n) is 6.69. The van der Waals surface area contributed by atoms with Gasteiger partial charge in [0.15, 0.2) is 11.6 Å². The number of hydrogen-bond donors (Lipinski definition) is 0. The molecule has 2 aromatic carbocycles. The van der Waals surface area contributed by atoms with E-state index in [1.807, 2.05) is 30.3 Å². The summed E-state index contributed by atoms with van der Waals surface area (Å²) in [4.78, 5) is 0. The first-order chi connectivity index (χ1) is 18.0. The maximum absolute atomic E-state index is 15.2. The van der Waals surface area contributed by atoms with E-state index >= 15 is 8.78 Å². The van der Waals surface area contributed by atoms with Gasteiger partial charge in [-0.3, -0.25) is 0 Å². The molecule has 0 heterocycles. The van der Waals surface area contributed by atoms with Crippen LogP contribution in [0.4, 0.5) is 13.2 Å². The Kier molecular flexibility index (Phi) is 10.3. The van der Waals surface area contributed by atoms with E-state index in [1.165, 1.54) is 12.8 Å². The molecule has 0 saturated heterocycles. The van der Waals surface area contributed by atoms with Crippen LogP contribution in [-0.4, -0.2) is 0 Å². The fraction of sp³-hybridized carbons (Fsp3) is 0.588. The van der Waals surface area contributed by atoms with Crippen LogP contribution in [0.15, 0.2) is 36.4 Å². The number of unbranched alkanes of at least 4 members (excludes halogenated alkanes) is 2. The number of rotatable bonds is 10. The van der Waals surface area contributed by atoms with Crippen molar-refractivity contribution in [1.82, 2.24) is 0 Å². The number of aryl methyl sites for hydroxylation is 1. The molecule has 0 amide bonds. The molecule has 0 aromatic heterocycles. The summed E-state index contributed by atoms with van der Waals surface area (Å²) in [5.41, 5.74) is 2.85. The van der Waals surface area contributed by atoms with Gasteiger partial charge in [0.05, 0.1) is 0 Å². The summed E-state index contributed by atoms with van der Waals surface area (Å²) >= 11 is 0. The number of halogens is 3. The summed E-state index contributed by atoms with van der Waals surface area (Å²) in [5.74, 6) is 0.0685. The van der Waals surface area contributed by atoms with Crippen LogP contribution in [0.1, 0.15) is 131 Å². The molecule has 202 valence electrons. The van der Waals surface area contributed by atoms with Gasteiger partial charge in [0.2, 0.25) is 0 Å². The largest absolute Gasteiger partial charge is 0.207 e. The summed E-state index contributed by atoms with van der Waals surface area (Å²) in [6, 6.07) is 9.31. The molecule has 2 fully saturated rings. The number of hydrogen-bond acceptors (Lipinski definition) is 0. The molecular weight excluding hydrogens is 465 g/mol. The van der Waals surface area contributed by atoms with E-state index in [2.05, 4.69) is 19.9 Å². The molecular formula is C34H45F3. The van der Waals surface area contributed by atoms with E-state index < -0.39 is 11.6 Å². The van der Waals surface area contributed by atoms with Crippen LogP contribution in [0.5, 0.6) is 0 Å². The van der Waals surface area contributed by atoms with Crippen molar-refractivity contribution < 1.29 is 13.2 Å². The summed E-state index contributed by atoms with van der Waals surface area (Å²) in [5, 5.41) is 0. The highest BCUT2D eigenvalue weighted by Gasteiger charge is 2.29. The van der Waals surface area contributed by atoms with Crippen molar-refractivity contribution in [1.29, 1.82) is 0 Å². The van der Waals surface area contributed by atoms with E-state index in [0.717, 1.165) is 94.1 Å². The molecule has 0 N–H and O–H groups in total. The topological polar surface area (TPSA) is 0 Å². The zero-order chi connectivity index (χ0) is 26.2. The molecule has 0 bridgehead atoms. The molecule has 0 aliphatic heterocycles. The standard InChI is InChI=1S/C34H45F3/c1-3-5-6-8-29-20-15-26(23-32(29)35)10-9-25-13-18-28(19-14-25)31-22-21-30(33(36)34(31)37)27-16-11-24(7-4-2)12-17-27/h9-10,15,20-25,27-28H,3-8,11-14,16-19H2,1-2H3/b10-9+. The molecule has 2 aromatic rings. The Morgan fingerprint density at radius 3 is 1.92 bits per heavy atom. The van der Waals surface area contributed by atoms with E-state index in [9.17, 15) is 4.39 Å². The first-order valence-corrected chi connectivity index (χ1v) is 14.9. The third-order valence-corrected chi connectivity index (χ3v) is 9.02. The number of allylic oxidation sites excluding steroid dienone is 1. The lowest BCUT2D eigenvalue weighted by molar-refractivity contribution is 0.302. The van der Waals surface area contributed by atoms with Gasteiger partial charge >= 0.3 is 0 Å². The summed E-state index contributed by atoms with van der Waals surface area (Å²) < 4.78 is 44.8. The van der Waals surface area contributed by atoms with Gasteiger partial charge in [0.1, 0.15) is 5.82 Å². The minimum atomic E-state index is -0.610. The van der Waals surface area contributed by atoms with Crippen molar-refractivity contribution >= 4 is 6.08 Å². The van der Waals surface area contributed by atoms with Crippen LogP contribution in [0.2, 0.25) is 0 Å². The summed E-state index contributed by atoms with van der Waals surface area (Å²) in [7, 11) is 0. The third-order valence-electron chi connectivity index (χ3n) is 9.02. The van der Waals surface area contributed by atoms with Crippen LogP contribution >= 0.6 is 0 Å². The van der Waals surface area contributed by atoms with E-state index in [1.54, 1.807) is 6.07 Å². The van der Waals surface area contributed by atoms with Crippen molar-refractivity contribution in [2.24, 2.45) is 11.8 Å². The maximum Gasteiger partial charge on any atom is 0.162 e. The summed E-state index contributed by atoms with van der Waals surface area (Å²) in [6.07, 6.45) is 18.6. The Bertz CT molecular complexity index is 1020. The summed E-state index contributed by atoms with van der Waals surface area (Å²) in [6.45, 7) is 4.38. The van der Waals surface area contributed by atoms with E-state index in [4.69, 9.17) is 0 Å². The Morgan fingerprint density at radius 2 is 1.35 bits per heavy atom. The van der Waals surface area contributed by atoms with Crippen molar-refractivity contribution in [3.63, 3.8) is 0 Å². The van der Waals surface area contributed by atoms with Gasteiger partial charge < -0.3 is 0 Å². The third kappa shape index (κ3) is 7.30. The van der Waals surface area contributed by atoms with Crippen LogP contribution in [0, 0.1) is 29.3 Å². The molecule has 0 spiro atoms. The Balaban J connectivity index is 1.31. The van der Waals surface area contributed by atoms with Gasteiger partial charge in [-0.2, -0.15) is 0 Å². The van der Waals surface area contributed by atoms with E-state index in [0.29, 0.717) is 17.0 Å². The quantitative estimate of drug-likeness (QED) is 0.279. The van der Waals surface area contributed by atoms with Gasteiger partial charge in [-0.05, 0) is 116 Å². The van der Waals surface area contributed by atoms with Crippen LogP contribution in [-0.2, 0) is 6.42 Å². The molecule has 0 radical (unpaired) electrons. The molecule has 37 heavy (non-hydrogen) atoms. The Hall–Kier alpha value is -2.03. The molecule has 2 saturated carbocycles. The second-order valence-electron chi connectivity index (χ2n) is 11.7. The fourth-order valence-corrected chi connectivity index (χ4v) is 6.69. The minimum absolute atomic E-state index is 0.0772. The number of benzene rings is 2. The van der Waals surface area contributed by atoms with Crippen molar-refractivity contribution in [2.45, 2.75) is 116 Å². The minimum Gasteiger partial charge on any atom is -0.207 e. The molecule has 2 aliphatic carbocycles. The van der Waals surface area contributed by atoms with Crippen LogP contribution in [0.3, 0.4) is 0 Å². The van der Waals surface area contributed by atoms with Gasteiger partial charge in [-0.15, -0.1) is 0 Å². The molecule has 0 unspecified atom stereocenters. The monoisotopic (exact) mass is 510 g/mol. The predicted octanol–water partition coefficient (Wildman–Crippen LogP) is 10.9. The maximum atomic E-state index is 15.2. The van der Waals surface area contributed by atoms with Crippen molar-refractivity contribution in [3.8, 4) is 0 Å². The molecule has 4 rings (SSSR count). The first-order valence-electron chi connectivity index (χ1n) is 14.9. The lowest BCUT2D eigenvalue weighted by Gasteiger charge is -2.30. The molecule has 2 aliphatic rings. The second kappa shape index (κ2) is 13.7. The van der Waals surface area contributed by atoms with Crippen LogP contribution in [0.25, 0.3) is 6.08 Å². The smallest absolute Gasteiger partial charge is 0.162 e. The van der Waals surface area contributed by atoms with Gasteiger partial charge in [-0.25, -0.2) is 13.2 Å². The average molecular weight is 511 g/mol. The highest BCUT2D eigenvalue weighted by molar-refractivity contribution is 5.50. The Labute approximate surface area is 222 Å². The van der Waals surface area contributed by atoms with Gasteiger partial charge in [-0.1, -0.05) is 75.9 Å². The van der Waals surface area contributed by atoms with Crippen molar-refractivity contribution in [3.05, 3.63) is 76.1 Å². The molecule has 3 heteroatoms. The van der Waals surface area contributed by atoms with E-state index in [-0.39, 0.29) is 17.7 Å². The molecule has 0 nitrogen and oxygen atoms in total. The zero-order valence-electron chi connectivity index (χ0n) is 22.9. The lowest BCUT2D eigenvalue weighted by atomic mass is 9.75. The zero-order valence-corrected chi connectivity index (χ0v) is 22.9. The Morgan fingerprint density at radius 1 is 0.730 bits per heavy atom. The van der Waals surface area contributed by atoms with Gasteiger partial charge in [0.25, 0.3) is 0 Å². The highest BCUT2D eigenvalue weighted by Crippen LogP contribution is 2.42.